The molecule has 0 radical (unpaired) electrons. The lowest BCUT2D eigenvalue weighted by Gasteiger charge is -2.30. The molecule has 2 aromatic heterocycles. The number of amides is 1. The summed E-state index contributed by atoms with van der Waals surface area (Å²) in [6, 6.07) is 4.03. The number of carbonyl (C=O) groups excluding carboxylic acids is 1. The first kappa shape index (κ1) is 11.9. The summed E-state index contributed by atoms with van der Waals surface area (Å²) < 4.78 is 1.91. The van der Waals surface area contributed by atoms with Gasteiger partial charge >= 0.3 is 0 Å². The summed E-state index contributed by atoms with van der Waals surface area (Å²) in [6.07, 6.45) is 7.79. The minimum atomic E-state index is 0.0289. The van der Waals surface area contributed by atoms with Gasteiger partial charge in [-0.3, -0.25) is 4.79 Å². The Kier molecular flexibility index (Phi) is 2.73. The molecule has 2 aliphatic rings. The van der Waals surface area contributed by atoms with Crippen LogP contribution in [0, 0.1) is 5.92 Å². The van der Waals surface area contributed by atoms with Crippen molar-refractivity contribution in [2.75, 3.05) is 19.6 Å². The summed E-state index contributed by atoms with van der Waals surface area (Å²) in [7, 11) is 0. The zero-order valence-corrected chi connectivity index (χ0v) is 11.3. The molecular formula is C15H18N4O. The van der Waals surface area contributed by atoms with E-state index in [1.54, 1.807) is 12.5 Å². The van der Waals surface area contributed by atoms with Crippen molar-refractivity contribution in [2.45, 2.75) is 18.9 Å². The maximum atomic E-state index is 12.4. The van der Waals surface area contributed by atoms with Gasteiger partial charge in [0, 0.05) is 30.9 Å². The first-order valence-electron chi connectivity index (χ1n) is 7.23. The molecule has 0 aliphatic carbocycles. The number of hydrogen-bond acceptors (Lipinski definition) is 3. The Morgan fingerprint density at radius 3 is 3.25 bits per heavy atom. The fraction of sp³-hybridized carbons (Fsp3) is 0.467. The topological polar surface area (TPSA) is 49.6 Å². The van der Waals surface area contributed by atoms with E-state index in [4.69, 9.17) is 0 Å². The lowest BCUT2D eigenvalue weighted by molar-refractivity contribution is 0.0909. The maximum Gasteiger partial charge on any atom is 0.251 e. The fourth-order valence-electron chi connectivity index (χ4n) is 3.49. The zero-order chi connectivity index (χ0) is 13.5. The molecule has 104 valence electrons. The largest absolute Gasteiger partial charge is 0.348 e. The summed E-state index contributed by atoms with van der Waals surface area (Å²) in [6.45, 7) is 3.41. The number of carbonyl (C=O) groups is 1. The number of aromatic nitrogens is 2. The van der Waals surface area contributed by atoms with E-state index in [0.29, 0.717) is 11.6 Å². The molecule has 0 aromatic carbocycles. The van der Waals surface area contributed by atoms with Crippen molar-refractivity contribution in [3.8, 4) is 0 Å². The predicted octanol–water partition coefficient (Wildman–Crippen LogP) is 1.16. The van der Waals surface area contributed by atoms with Crippen LogP contribution >= 0.6 is 0 Å². The first-order chi connectivity index (χ1) is 9.78. The van der Waals surface area contributed by atoms with Gasteiger partial charge < -0.3 is 14.6 Å². The summed E-state index contributed by atoms with van der Waals surface area (Å²) in [5.74, 6) is 0.799. The van der Waals surface area contributed by atoms with Crippen molar-refractivity contribution in [1.82, 2.24) is 19.6 Å². The highest BCUT2D eigenvalue weighted by molar-refractivity contribution is 5.95. The molecule has 1 amide bonds. The van der Waals surface area contributed by atoms with Crippen LogP contribution in [-0.4, -0.2) is 45.9 Å². The Bertz CT molecular complexity index is 638. The van der Waals surface area contributed by atoms with Crippen LogP contribution in [0.4, 0.5) is 0 Å². The minimum absolute atomic E-state index is 0.0289. The average Bonchev–Trinajstić information content (AvgIpc) is 3.04. The highest BCUT2D eigenvalue weighted by Gasteiger charge is 2.32. The molecule has 1 unspecified atom stereocenters. The first-order valence-corrected chi connectivity index (χ1v) is 7.23. The van der Waals surface area contributed by atoms with Crippen molar-refractivity contribution in [3.63, 3.8) is 0 Å². The molecule has 2 bridgehead atoms. The summed E-state index contributed by atoms with van der Waals surface area (Å²) in [5.41, 5.74) is 1.66. The van der Waals surface area contributed by atoms with Gasteiger partial charge in [-0.15, -0.1) is 0 Å². The van der Waals surface area contributed by atoms with Gasteiger partial charge in [-0.05, 0) is 37.4 Å². The molecule has 2 fully saturated rings. The minimum Gasteiger partial charge on any atom is -0.348 e. The van der Waals surface area contributed by atoms with Crippen molar-refractivity contribution >= 4 is 11.4 Å². The van der Waals surface area contributed by atoms with Crippen LogP contribution in [0.5, 0.6) is 0 Å². The molecule has 5 heteroatoms. The number of rotatable bonds is 2. The van der Waals surface area contributed by atoms with E-state index in [0.717, 1.165) is 24.4 Å². The van der Waals surface area contributed by atoms with E-state index in [9.17, 15) is 4.79 Å². The fourth-order valence-corrected chi connectivity index (χ4v) is 3.49. The third-order valence-corrected chi connectivity index (χ3v) is 4.48. The molecule has 2 aliphatic heterocycles. The number of fused-ring (bicyclic) bond motifs is 3. The van der Waals surface area contributed by atoms with Crippen LogP contribution in [0.25, 0.3) is 5.52 Å². The van der Waals surface area contributed by atoms with Crippen LogP contribution in [0.15, 0.2) is 30.9 Å². The van der Waals surface area contributed by atoms with E-state index < -0.39 is 0 Å². The van der Waals surface area contributed by atoms with Crippen LogP contribution < -0.4 is 5.32 Å². The maximum absolute atomic E-state index is 12.4. The normalized spacial score (nSPS) is 28.7. The lowest BCUT2D eigenvalue weighted by Crippen LogP contribution is -2.47. The van der Waals surface area contributed by atoms with Crippen molar-refractivity contribution < 1.29 is 4.79 Å². The smallest absolute Gasteiger partial charge is 0.251 e. The third-order valence-electron chi connectivity index (χ3n) is 4.48. The molecule has 20 heavy (non-hydrogen) atoms. The molecule has 5 nitrogen and oxygen atoms in total. The second kappa shape index (κ2) is 4.59. The lowest BCUT2D eigenvalue weighted by atomic mass is 9.96. The Balaban J connectivity index is 1.49. The predicted molar refractivity (Wildman–Crippen MR) is 75.6 cm³/mol. The van der Waals surface area contributed by atoms with Gasteiger partial charge in [-0.2, -0.15) is 0 Å². The van der Waals surface area contributed by atoms with E-state index in [-0.39, 0.29) is 5.91 Å². The molecular weight excluding hydrogens is 252 g/mol. The van der Waals surface area contributed by atoms with E-state index in [2.05, 4.69) is 15.2 Å². The van der Waals surface area contributed by atoms with Crippen LogP contribution in [-0.2, 0) is 0 Å². The number of piperidine rings is 1. The average molecular weight is 270 g/mol. The van der Waals surface area contributed by atoms with E-state index in [1.165, 1.54) is 19.5 Å². The summed E-state index contributed by atoms with van der Waals surface area (Å²) in [5, 5.41) is 3.18. The van der Waals surface area contributed by atoms with Gasteiger partial charge in [0.1, 0.15) is 0 Å². The standard InChI is InChI=1S/C15H18N4O/c20-15(12-2-4-19-10-16-7-14(19)6-12)17-13-5-11-1-3-18(8-11)9-13/h2,4,6-7,10-11,13H,1,3,5,8-9H2,(H,17,20)/t11-,13-/m1/s1. The van der Waals surface area contributed by atoms with Gasteiger partial charge in [-0.25, -0.2) is 4.98 Å². The van der Waals surface area contributed by atoms with Gasteiger partial charge in [0.05, 0.1) is 18.0 Å². The van der Waals surface area contributed by atoms with Crippen LogP contribution in [0.1, 0.15) is 23.2 Å². The SMILES string of the molecule is O=C(N[C@@H]1C[C@H]2CCN(C2)C1)c1ccn2cncc2c1. The Hall–Kier alpha value is -1.88. The molecule has 3 atom stereocenters. The van der Waals surface area contributed by atoms with Crippen molar-refractivity contribution in [3.05, 3.63) is 36.4 Å². The summed E-state index contributed by atoms with van der Waals surface area (Å²) >= 11 is 0. The summed E-state index contributed by atoms with van der Waals surface area (Å²) in [4.78, 5) is 18.9. The van der Waals surface area contributed by atoms with E-state index in [1.807, 2.05) is 22.7 Å². The Morgan fingerprint density at radius 1 is 1.40 bits per heavy atom. The van der Waals surface area contributed by atoms with Crippen LogP contribution in [0.2, 0.25) is 0 Å². The second-order valence-electron chi connectivity index (χ2n) is 5.96. The van der Waals surface area contributed by atoms with Gasteiger partial charge in [0.2, 0.25) is 0 Å². The molecule has 2 saturated heterocycles. The van der Waals surface area contributed by atoms with Gasteiger partial charge in [0.15, 0.2) is 0 Å². The number of hydrogen-bond donors (Lipinski definition) is 1. The molecule has 0 spiro atoms. The van der Waals surface area contributed by atoms with Gasteiger partial charge in [0.25, 0.3) is 5.91 Å². The zero-order valence-electron chi connectivity index (χ0n) is 11.3. The number of nitrogens with one attached hydrogen (secondary N) is 1. The Labute approximate surface area is 117 Å². The number of imidazole rings is 1. The quantitative estimate of drug-likeness (QED) is 0.891. The second-order valence-corrected chi connectivity index (χ2v) is 5.96. The number of pyridine rings is 1. The van der Waals surface area contributed by atoms with Crippen molar-refractivity contribution in [2.24, 2.45) is 5.92 Å². The van der Waals surface area contributed by atoms with Gasteiger partial charge in [-0.1, -0.05) is 0 Å². The van der Waals surface area contributed by atoms with Crippen molar-refractivity contribution in [1.29, 1.82) is 0 Å². The van der Waals surface area contributed by atoms with E-state index >= 15 is 0 Å². The van der Waals surface area contributed by atoms with Crippen LogP contribution in [0.3, 0.4) is 0 Å². The molecule has 1 N–H and O–H groups in total. The molecule has 4 heterocycles. The third kappa shape index (κ3) is 2.08. The highest BCUT2D eigenvalue weighted by Crippen LogP contribution is 2.26. The highest BCUT2D eigenvalue weighted by atomic mass is 16.1. The molecule has 4 rings (SSSR count). The molecule has 0 saturated carbocycles. The Morgan fingerprint density at radius 2 is 2.35 bits per heavy atom. The monoisotopic (exact) mass is 270 g/mol. The number of nitrogens with zero attached hydrogens (tertiary/aromatic N) is 3. The molecule has 2 aromatic rings.